The number of nitrogens with one attached hydrogen (secondary N) is 3. The maximum Gasteiger partial charge on any atom is 0.275 e. The summed E-state index contributed by atoms with van der Waals surface area (Å²) in [6.45, 7) is 6.45. The molecule has 1 atom stereocenters. The van der Waals surface area contributed by atoms with Crippen LogP contribution in [0.25, 0.3) is 0 Å². The van der Waals surface area contributed by atoms with Crippen LogP contribution in [0.15, 0.2) is 29.2 Å². The van der Waals surface area contributed by atoms with Gasteiger partial charge in [0.1, 0.15) is 0 Å². The van der Waals surface area contributed by atoms with E-state index in [9.17, 15) is 13.2 Å². The van der Waals surface area contributed by atoms with Crippen molar-refractivity contribution in [3.63, 3.8) is 0 Å². The smallest absolute Gasteiger partial charge is 0.275 e. The maximum absolute atomic E-state index is 12.2. The van der Waals surface area contributed by atoms with Gasteiger partial charge in [0, 0.05) is 12.6 Å². The predicted molar refractivity (Wildman–Crippen MR) is 93.4 cm³/mol. The summed E-state index contributed by atoms with van der Waals surface area (Å²) in [7, 11) is -3.54. The molecule has 24 heavy (non-hydrogen) atoms. The van der Waals surface area contributed by atoms with Crippen molar-refractivity contribution >= 4 is 15.9 Å². The molecule has 2 rings (SSSR count). The van der Waals surface area contributed by atoms with Crippen molar-refractivity contribution in [2.45, 2.75) is 44.0 Å². The van der Waals surface area contributed by atoms with Gasteiger partial charge in [-0.1, -0.05) is 17.7 Å². The van der Waals surface area contributed by atoms with E-state index in [1.165, 1.54) is 24.2 Å². The molecule has 1 aliphatic rings. The lowest BCUT2D eigenvalue weighted by atomic mass is 10.1. The Morgan fingerprint density at radius 2 is 1.79 bits per heavy atom. The maximum atomic E-state index is 12.2. The predicted octanol–water partition coefficient (Wildman–Crippen LogP) is -0.153. The number of carbonyl (C=O) groups is 1. The zero-order valence-corrected chi connectivity index (χ0v) is 15.3. The second-order valence-corrected chi connectivity index (χ2v) is 8.39. The zero-order chi connectivity index (χ0) is 17.6. The number of likely N-dealkylation sites (tertiary alicyclic amines) is 1. The van der Waals surface area contributed by atoms with Gasteiger partial charge in [-0.25, -0.2) is 13.1 Å². The van der Waals surface area contributed by atoms with Crippen LogP contribution in [-0.2, 0) is 14.8 Å². The molecule has 3 N–H and O–H groups in total. The monoisotopic (exact) mass is 354 g/mol. The molecule has 7 heteroatoms. The van der Waals surface area contributed by atoms with Gasteiger partial charge < -0.3 is 10.2 Å². The molecular formula is C17H28N3O3S+. The van der Waals surface area contributed by atoms with E-state index in [2.05, 4.69) is 10.0 Å². The molecule has 0 aliphatic carbocycles. The Bertz CT molecular complexity index is 638. The fourth-order valence-electron chi connectivity index (χ4n) is 2.87. The number of aryl methyl sites for hydroxylation is 1. The van der Waals surface area contributed by atoms with Gasteiger partial charge in [-0.15, -0.1) is 0 Å². The summed E-state index contributed by atoms with van der Waals surface area (Å²) in [4.78, 5) is 13.6. The number of quaternary nitrogens is 1. The van der Waals surface area contributed by atoms with Gasteiger partial charge in [0.2, 0.25) is 10.0 Å². The normalized spacial score (nSPS) is 17.4. The molecule has 0 aromatic heterocycles. The molecule has 0 unspecified atom stereocenters. The first kappa shape index (κ1) is 18.9. The minimum atomic E-state index is -3.54. The van der Waals surface area contributed by atoms with E-state index in [4.69, 9.17) is 0 Å². The van der Waals surface area contributed by atoms with Crippen LogP contribution in [0.4, 0.5) is 0 Å². The summed E-state index contributed by atoms with van der Waals surface area (Å²) in [5, 5.41) is 2.87. The molecule has 1 aromatic carbocycles. The van der Waals surface area contributed by atoms with Crippen molar-refractivity contribution in [2.24, 2.45) is 0 Å². The molecule has 0 spiro atoms. The van der Waals surface area contributed by atoms with Crippen molar-refractivity contribution in [1.82, 2.24) is 10.0 Å². The van der Waals surface area contributed by atoms with Gasteiger partial charge in [0.25, 0.3) is 5.91 Å². The molecule has 134 valence electrons. The van der Waals surface area contributed by atoms with Gasteiger partial charge in [-0.2, -0.15) is 0 Å². The second-order valence-electron chi connectivity index (χ2n) is 6.62. The Balaban J connectivity index is 1.78. The van der Waals surface area contributed by atoms with Crippen LogP contribution in [0.3, 0.4) is 0 Å². The number of sulfonamides is 1. The third-order valence-corrected chi connectivity index (χ3v) is 5.73. The van der Waals surface area contributed by atoms with E-state index in [-0.39, 0.29) is 23.4 Å². The van der Waals surface area contributed by atoms with Crippen LogP contribution in [0.5, 0.6) is 0 Å². The van der Waals surface area contributed by atoms with E-state index >= 15 is 0 Å². The van der Waals surface area contributed by atoms with Crippen molar-refractivity contribution < 1.29 is 18.1 Å². The quantitative estimate of drug-likeness (QED) is 0.637. The van der Waals surface area contributed by atoms with Gasteiger partial charge in [-0.3, -0.25) is 4.79 Å². The van der Waals surface area contributed by atoms with E-state index < -0.39 is 10.0 Å². The second kappa shape index (κ2) is 8.60. The molecule has 1 aromatic rings. The zero-order valence-electron chi connectivity index (χ0n) is 14.5. The highest BCUT2D eigenvalue weighted by molar-refractivity contribution is 7.89. The third-order valence-electron chi connectivity index (χ3n) is 4.29. The lowest BCUT2D eigenvalue weighted by Crippen LogP contribution is -3.14. The summed E-state index contributed by atoms with van der Waals surface area (Å²) >= 11 is 0. The average Bonchev–Trinajstić information content (AvgIpc) is 2.54. The third kappa shape index (κ3) is 5.89. The van der Waals surface area contributed by atoms with E-state index in [0.717, 1.165) is 18.7 Å². The van der Waals surface area contributed by atoms with Crippen LogP contribution in [0.2, 0.25) is 0 Å². The summed E-state index contributed by atoms with van der Waals surface area (Å²) in [5.74, 6) is -0.0195. The lowest BCUT2D eigenvalue weighted by molar-refractivity contribution is -0.896. The van der Waals surface area contributed by atoms with Gasteiger partial charge in [0.15, 0.2) is 6.54 Å². The number of rotatable bonds is 7. The molecular weight excluding hydrogens is 326 g/mol. The number of piperidine rings is 1. The summed E-state index contributed by atoms with van der Waals surface area (Å²) in [6, 6.07) is 6.45. The molecule has 6 nitrogen and oxygen atoms in total. The summed E-state index contributed by atoms with van der Waals surface area (Å²) in [5.41, 5.74) is 1.01. The molecule has 0 radical (unpaired) electrons. The number of amides is 1. The number of carbonyl (C=O) groups excluding carboxylic acids is 1. The molecule has 0 saturated carbocycles. The number of hydrogen-bond acceptors (Lipinski definition) is 3. The molecule has 1 saturated heterocycles. The van der Waals surface area contributed by atoms with Crippen LogP contribution < -0.4 is 14.9 Å². The Morgan fingerprint density at radius 1 is 1.17 bits per heavy atom. The SMILES string of the molecule is Cc1ccc(S(=O)(=O)NC[C@H](C)NC(=O)C[NH+]2CCCCC2)cc1. The van der Waals surface area contributed by atoms with Gasteiger partial charge in [0.05, 0.1) is 18.0 Å². The lowest BCUT2D eigenvalue weighted by Gasteiger charge is -2.23. The largest absolute Gasteiger partial charge is 0.347 e. The highest BCUT2D eigenvalue weighted by atomic mass is 32.2. The van der Waals surface area contributed by atoms with Crippen LogP contribution in [-0.4, -0.2) is 46.5 Å². The van der Waals surface area contributed by atoms with Crippen molar-refractivity contribution in [1.29, 1.82) is 0 Å². The summed E-state index contributed by atoms with van der Waals surface area (Å²) in [6.07, 6.45) is 3.60. The van der Waals surface area contributed by atoms with Crippen LogP contribution >= 0.6 is 0 Å². The Hall–Kier alpha value is -1.44. The minimum absolute atomic E-state index is 0.0195. The Kier molecular flexibility index (Phi) is 6.77. The highest BCUT2D eigenvalue weighted by Crippen LogP contribution is 2.09. The first-order valence-corrected chi connectivity index (χ1v) is 10.0. The van der Waals surface area contributed by atoms with E-state index in [1.54, 1.807) is 31.2 Å². The number of hydrogen-bond donors (Lipinski definition) is 3. The fraction of sp³-hybridized carbons (Fsp3) is 0.588. The Labute approximate surface area is 144 Å². The Morgan fingerprint density at radius 3 is 2.42 bits per heavy atom. The summed E-state index contributed by atoms with van der Waals surface area (Å²) < 4.78 is 27.0. The number of benzene rings is 1. The standard InChI is InChI=1S/C17H27N3O3S/c1-14-6-8-16(9-7-14)24(22,23)18-12-15(2)19-17(21)13-20-10-4-3-5-11-20/h6-9,15,18H,3-5,10-13H2,1-2H3,(H,19,21)/p+1/t15-/m0/s1. The highest BCUT2D eigenvalue weighted by Gasteiger charge is 2.19. The molecule has 0 bridgehead atoms. The average molecular weight is 354 g/mol. The van der Waals surface area contributed by atoms with E-state index in [1.807, 2.05) is 6.92 Å². The van der Waals surface area contributed by atoms with Crippen molar-refractivity contribution in [3.05, 3.63) is 29.8 Å². The molecule has 1 amide bonds. The first-order chi connectivity index (χ1) is 11.4. The van der Waals surface area contributed by atoms with Crippen LogP contribution in [0, 0.1) is 6.92 Å². The minimum Gasteiger partial charge on any atom is -0.347 e. The fourth-order valence-corrected chi connectivity index (χ4v) is 4.00. The van der Waals surface area contributed by atoms with E-state index in [0.29, 0.717) is 6.54 Å². The molecule has 1 fully saturated rings. The van der Waals surface area contributed by atoms with Crippen LogP contribution in [0.1, 0.15) is 31.7 Å². The molecule has 1 heterocycles. The van der Waals surface area contributed by atoms with Crippen molar-refractivity contribution in [3.8, 4) is 0 Å². The molecule has 1 aliphatic heterocycles. The van der Waals surface area contributed by atoms with Gasteiger partial charge >= 0.3 is 0 Å². The van der Waals surface area contributed by atoms with Crippen molar-refractivity contribution in [2.75, 3.05) is 26.2 Å². The topological polar surface area (TPSA) is 79.7 Å². The first-order valence-electron chi connectivity index (χ1n) is 8.56. The van der Waals surface area contributed by atoms with Gasteiger partial charge in [-0.05, 0) is 45.2 Å².